The summed E-state index contributed by atoms with van der Waals surface area (Å²) < 4.78 is 0. The molecule has 3 N–H and O–H groups in total. The Bertz CT molecular complexity index is 442. The first-order valence-corrected chi connectivity index (χ1v) is 8.14. The van der Waals surface area contributed by atoms with Crippen molar-refractivity contribution in [1.82, 2.24) is 20.9 Å². The summed E-state index contributed by atoms with van der Waals surface area (Å²) >= 11 is 0. The lowest BCUT2D eigenvalue weighted by Crippen LogP contribution is -2.51. The highest BCUT2D eigenvalue weighted by molar-refractivity contribution is 5.93. The summed E-state index contributed by atoms with van der Waals surface area (Å²) in [5, 5.41) is 9.85. The second-order valence-corrected chi connectivity index (χ2v) is 6.33. The van der Waals surface area contributed by atoms with E-state index < -0.39 is 0 Å². The van der Waals surface area contributed by atoms with Crippen LogP contribution in [0.1, 0.15) is 26.2 Å². The van der Waals surface area contributed by atoms with Crippen molar-refractivity contribution in [3.05, 3.63) is 23.9 Å². The summed E-state index contributed by atoms with van der Waals surface area (Å²) in [7, 11) is 0. The van der Waals surface area contributed by atoms with Crippen LogP contribution in [0.4, 0.5) is 0 Å². The summed E-state index contributed by atoms with van der Waals surface area (Å²) in [6.07, 6.45) is 9.78. The smallest absolute Gasteiger partial charge is 0.267 e. The van der Waals surface area contributed by atoms with Gasteiger partial charge in [-0.15, -0.1) is 0 Å². The maximum absolute atomic E-state index is 12.2. The molecule has 5 nitrogen and oxygen atoms in total. The second-order valence-electron chi connectivity index (χ2n) is 6.33. The average molecular weight is 290 g/mol. The van der Waals surface area contributed by atoms with Gasteiger partial charge in [-0.3, -0.25) is 9.69 Å². The van der Waals surface area contributed by atoms with Gasteiger partial charge in [0, 0.05) is 25.7 Å². The Hall–Kier alpha value is -1.33. The van der Waals surface area contributed by atoms with E-state index in [1.807, 2.05) is 12.2 Å². The Kier molecular flexibility index (Phi) is 4.60. The van der Waals surface area contributed by atoms with Gasteiger partial charge < -0.3 is 16.0 Å². The molecule has 1 saturated heterocycles. The van der Waals surface area contributed by atoms with Gasteiger partial charge in [-0.25, -0.2) is 0 Å². The predicted molar refractivity (Wildman–Crippen MR) is 83.5 cm³/mol. The standard InChI is InChI=1S/C16H26N4O/c1-12-7-8-17-9-10-20(12)15-4-2-3-14(19-15)16(21)18-11-13-5-6-13/h2-4,12-13,15,17,19H,5-11H2,1H3,(H,18,21). The number of nitrogens with zero attached hydrogens (tertiary/aromatic N) is 1. The summed E-state index contributed by atoms with van der Waals surface area (Å²) in [5.74, 6) is 0.734. The Morgan fingerprint density at radius 1 is 1.38 bits per heavy atom. The topological polar surface area (TPSA) is 56.4 Å². The fourth-order valence-corrected chi connectivity index (χ4v) is 2.95. The van der Waals surface area contributed by atoms with E-state index in [2.05, 4.69) is 33.9 Å². The minimum absolute atomic E-state index is 0.0249. The highest BCUT2D eigenvalue weighted by atomic mass is 16.2. The highest BCUT2D eigenvalue weighted by Gasteiger charge is 2.27. The van der Waals surface area contributed by atoms with Crippen LogP contribution in [-0.2, 0) is 4.79 Å². The molecule has 2 heterocycles. The van der Waals surface area contributed by atoms with Gasteiger partial charge in [-0.1, -0.05) is 6.08 Å². The lowest BCUT2D eigenvalue weighted by atomic mass is 10.1. The maximum atomic E-state index is 12.2. The molecule has 0 spiro atoms. The van der Waals surface area contributed by atoms with E-state index >= 15 is 0 Å². The van der Waals surface area contributed by atoms with Crippen molar-refractivity contribution in [2.75, 3.05) is 26.2 Å². The van der Waals surface area contributed by atoms with Crippen LogP contribution in [0.3, 0.4) is 0 Å². The summed E-state index contributed by atoms with van der Waals surface area (Å²) in [6, 6.07) is 0.510. The van der Waals surface area contributed by atoms with Gasteiger partial charge in [0.2, 0.25) is 0 Å². The van der Waals surface area contributed by atoms with Crippen LogP contribution in [0.2, 0.25) is 0 Å². The molecule has 1 saturated carbocycles. The highest BCUT2D eigenvalue weighted by Crippen LogP contribution is 2.27. The van der Waals surface area contributed by atoms with Crippen molar-refractivity contribution in [2.24, 2.45) is 5.92 Å². The zero-order chi connectivity index (χ0) is 14.7. The summed E-state index contributed by atoms with van der Waals surface area (Å²) in [5.41, 5.74) is 0.688. The molecule has 2 unspecified atom stereocenters. The van der Waals surface area contributed by atoms with E-state index in [9.17, 15) is 4.79 Å². The van der Waals surface area contributed by atoms with Gasteiger partial charge in [0.15, 0.2) is 0 Å². The third kappa shape index (κ3) is 3.86. The van der Waals surface area contributed by atoms with Crippen molar-refractivity contribution < 1.29 is 4.79 Å². The number of allylic oxidation sites excluding steroid dienone is 2. The number of nitrogens with one attached hydrogen (secondary N) is 3. The molecule has 0 aromatic heterocycles. The number of dihydropyridines is 1. The Morgan fingerprint density at radius 2 is 2.24 bits per heavy atom. The molecule has 2 fully saturated rings. The lowest BCUT2D eigenvalue weighted by molar-refractivity contribution is -0.118. The van der Waals surface area contributed by atoms with E-state index in [-0.39, 0.29) is 12.1 Å². The van der Waals surface area contributed by atoms with Crippen LogP contribution in [0.15, 0.2) is 23.9 Å². The van der Waals surface area contributed by atoms with Gasteiger partial charge >= 0.3 is 0 Å². The van der Waals surface area contributed by atoms with E-state index in [0.29, 0.717) is 17.7 Å². The van der Waals surface area contributed by atoms with Crippen molar-refractivity contribution in [1.29, 1.82) is 0 Å². The fraction of sp³-hybridized carbons (Fsp3) is 0.688. The largest absolute Gasteiger partial charge is 0.362 e. The molecular weight excluding hydrogens is 264 g/mol. The van der Waals surface area contributed by atoms with Gasteiger partial charge in [-0.05, 0) is 50.8 Å². The van der Waals surface area contributed by atoms with Gasteiger partial charge in [0.1, 0.15) is 5.70 Å². The molecule has 5 heteroatoms. The molecule has 21 heavy (non-hydrogen) atoms. The number of amides is 1. The number of rotatable bonds is 4. The first-order valence-electron chi connectivity index (χ1n) is 8.14. The van der Waals surface area contributed by atoms with Crippen LogP contribution in [0, 0.1) is 5.92 Å². The molecule has 0 aromatic rings. The number of carbonyl (C=O) groups is 1. The summed E-state index contributed by atoms with van der Waals surface area (Å²) in [4.78, 5) is 14.6. The fourth-order valence-electron chi connectivity index (χ4n) is 2.95. The number of hydrogen-bond acceptors (Lipinski definition) is 4. The van der Waals surface area contributed by atoms with E-state index in [1.165, 1.54) is 12.8 Å². The molecule has 1 amide bonds. The zero-order valence-corrected chi connectivity index (χ0v) is 12.8. The molecular formula is C16H26N4O. The predicted octanol–water partition coefficient (Wildman–Crippen LogP) is 0.566. The average Bonchev–Trinajstić information content (AvgIpc) is 3.33. The molecule has 2 aliphatic heterocycles. The molecule has 3 aliphatic rings. The van der Waals surface area contributed by atoms with Gasteiger partial charge in [0.05, 0.1) is 6.17 Å². The first-order chi connectivity index (χ1) is 10.2. The monoisotopic (exact) mass is 290 g/mol. The van der Waals surface area contributed by atoms with E-state index in [0.717, 1.165) is 32.6 Å². The van der Waals surface area contributed by atoms with Crippen molar-refractivity contribution in [3.8, 4) is 0 Å². The molecule has 1 aliphatic carbocycles. The van der Waals surface area contributed by atoms with Crippen molar-refractivity contribution in [2.45, 2.75) is 38.4 Å². The molecule has 116 valence electrons. The van der Waals surface area contributed by atoms with Crippen LogP contribution in [0.5, 0.6) is 0 Å². The zero-order valence-electron chi connectivity index (χ0n) is 12.8. The number of carbonyl (C=O) groups excluding carboxylic acids is 1. The third-order valence-electron chi connectivity index (χ3n) is 4.56. The van der Waals surface area contributed by atoms with Gasteiger partial charge in [0.25, 0.3) is 5.91 Å². The van der Waals surface area contributed by atoms with Crippen LogP contribution < -0.4 is 16.0 Å². The lowest BCUT2D eigenvalue weighted by Gasteiger charge is -2.35. The first kappa shape index (κ1) is 14.6. The van der Waals surface area contributed by atoms with E-state index in [1.54, 1.807) is 0 Å². The Morgan fingerprint density at radius 3 is 3.05 bits per heavy atom. The Labute approximate surface area is 126 Å². The van der Waals surface area contributed by atoms with Gasteiger partial charge in [-0.2, -0.15) is 0 Å². The van der Waals surface area contributed by atoms with Crippen LogP contribution in [0.25, 0.3) is 0 Å². The normalized spacial score (nSPS) is 30.2. The molecule has 2 atom stereocenters. The quantitative estimate of drug-likeness (QED) is 0.708. The van der Waals surface area contributed by atoms with Crippen molar-refractivity contribution >= 4 is 5.91 Å². The van der Waals surface area contributed by atoms with Crippen molar-refractivity contribution in [3.63, 3.8) is 0 Å². The molecule has 0 radical (unpaired) electrons. The third-order valence-corrected chi connectivity index (χ3v) is 4.56. The summed E-state index contributed by atoms with van der Waals surface area (Å²) in [6.45, 7) is 6.14. The number of hydrogen-bond donors (Lipinski definition) is 3. The minimum Gasteiger partial charge on any atom is -0.362 e. The Balaban J connectivity index is 1.57. The van der Waals surface area contributed by atoms with E-state index in [4.69, 9.17) is 0 Å². The second kappa shape index (κ2) is 6.62. The minimum atomic E-state index is 0.0249. The maximum Gasteiger partial charge on any atom is 0.267 e. The SMILES string of the molecule is CC1CCNCCN1C1C=CC=C(C(=O)NCC2CC2)N1. The molecule has 0 aromatic carbocycles. The molecule has 0 bridgehead atoms. The van der Waals surface area contributed by atoms with Crippen LogP contribution in [-0.4, -0.2) is 49.2 Å². The van der Waals surface area contributed by atoms with Crippen LogP contribution >= 0.6 is 0 Å². The molecule has 3 rings (SSSR count).